The SMILES string of the molecule is CCNC(=O)c1c(C)nc2c(c1C1CC1)C(=O)CC(C)(C)C2. The van der Waals surface area contributed by atoms with Gasteiger partial charge in [-0.15, -0.1) is 0 Å². The van der Waals surface area contributed by atoms with Gasteiger partial charge in [0.2, 0.25) is 0 Å². The van der Waals surface area contributed by atoms with Crippen LogP contribution in [0.1, 0.15) is 83.6 Å². The highest BCUT2D eigenvalue weighted by atomic mass is 16.1. The molecule has 4 nitrogen and oxygen atoms in total. The van der Waals surface area contributed by atoms with Crippen molar-refractivity contribution in [1.29, 1.82) is 0 Å². The Kier molecular flexibility index (Phi) is 3.58. The minimum absolute atomic E-state index is 0.0441. The highest BCUT2D eigenvalue weighted by Gasteiger charge is 2.40. The van der Waals surface area contributed by atoms with Crippen molar-refractivity contribution >= 4 is 11.7 Å². The number of fused-ring (bicyclic) bond motifs is 1. The first-order valence-electron chi connectivity index (χ1n) is 8.19. The molecule has 22 heavy (non-hydrogen) atoms. The van der Waals surface area contributed by atoms with Crippen molar-refractivity contribution in [1.82, 2.24) is 10.3 Å². The molecule has 2 aliphatic rings. The number of pyridine rings is 1. The van der Waals surface area contributed by atoms with Gasteiger partial charge in [0, 0.05) is 18.5 Å². The molecule has 1 heterocycles. The molecule has 0 saturated heterocycles. The lowest BCUT2D eigenvalue weighted by molar-refractivity contribution is 0.0908. The van der Waals surface area contributed by atoms with Crippen molar-refractivity contribution in [2.75, 3.05) is 6.54 Å². The molecule has 0 aliphatic heterocycles. The zero-order chi connectivity index (χ0) is 16.1. The highest BCUT2D eigenvalue weighted by Crippen LogP contribution is 2.47. The minimum atomic E-state index is -0.0881. The molecule has 0 aromatic carbocycles. The maximum atomic E-state index is 12.7. The second-order valence-electron chi connectivity index (χ2n) is 7.38. The van der Waals surface area contributed by atoms with Crippen molar-refractivity contribution in [2.45, 2.75) is 59.3 Å². The van der Waals surface area contributed by atoms with E-state index in [-0.39, 0.29) is 17.1 Å². The van der Waals surface area contributed by atoms with Crippen LogP contribution in [0.5, 0.6) is 0 Å². The van der Waals surface area contributed by atoms with Crippen LogP contribution < -0.4 is 5.32 Å². The molecule has 0 atom stereocenters. The summed E-state index contributed by atoms with van der Waals surface area (Å²) in [5.74, 6) is 0.430. The summed E-state index contributed by atoms with van der Waals surface area (Å²) in [6.45, 7) is 8.60. The van der Waals surface area contributed by atoms with E-state index in [0.29, 0.717) is 24.4 Å². The van der Waals surface area contributed by atoms with Gasteiger partial charge in [0.05, 0.1) is 17.0 Å². The van der Waals surface area contributed by atoms with Gasteiger partial charge in [-0.1, -0.05) is 13.8 Å². The quantitative estimate of drug-likeness (QED) is 0.932. The van der Waals surface area contributed by atoms with Crippen LogP contribution in [-0.4, -0.2) is 23.2 Å². The number of amides is 1. The second kappa shape index (κ2) is 5.18. The molecule has 0 radical (unpaired) electrons. The number of ketones is 1. The van der Waals surface area contributed by atoms with E-state index in [1.165, 1.54) is 0 Å². The Morgan fingerprint density at radius 2 is 2.00 bits per heavy atom. The highest BCUT2D eigenvalue weighted by molar-refractivity contribution is 6.05. The molecule has 0 spiro atoms. The maximum absolute atomic E-state index is 12.7. The zero-order valence-corrected chi connectivity index (χ0v) is 13.9. The summed E-state index contributed by atoms with van der Waals surface area (Å²) in [6, 6.07) is 0. The number of nitrogens with zero attached hydrogens (tertiary/aromatic N) is 1. The molecule has 3 rings (SSSR count). The lowest BCUT2D eigenvalue weighted by atomic mass is 9.73. The van der Waals surface area contributed by atoms with Crippen molar-refractivity contribution in [2.24, 2.45) is 5.41 Å². The molecule has 1 amide bonds. The van der Waals surface area contributed by atoms with E-state index in [2.05, 4.69) is 24.1 Å². The number of nitrogens with one attached hydrogen (secondary N) is 1. The normalized spacial score (nSPS) is 19.7. The fourth-order valence-corrected chi connectivity index (χ4v) is 3.58. The molecule has 0 bridgehead atoms. The standard InChI is InChI=1S/C18H24N2O2/c1-5-19-17(22)14-10(2)20-12-8-18(3,4)9-13(21)16(12)15(14)11-6-7-11/h11H,5-9H2,1-4H3,(H,19,22). The number of aryl methyl sites for hydroxylation is 1. The predicted octanol–water partition coefficient (Wildman–Crippen LogP) is 3.17. The molecule has 1 saturated carbocycles. The topological polar surface area (TPSA) is 59.1 Å². The summed E-state index contributed by atoms with van der Waals surface area (Å²) in [6.07, 6.45) is 3.49. The fourth-order valence-electron chi connectivity index (χ4n) is 3.58. The lowest BCUT2D eigenvalue weighted by Crippen LogP contribution is -2.32. The van der Waals surface area contributed by atoms with Crippen LogP contribution in [0.4, 0.5) is 0 Å². The number of hydrogen-bond donors (Lipinski definition) is 1. The van der Waals surface area contributed by atoms with E-state index in [1.54, 1.807) is 0 Å². The largest absolute Gasteiger partial charge is 0.352 e. The Labute approximate surface area is 131 Å². The van der Waals surface area contributed by atoms with Gasteiger partial charge < -0.3 is 5.32 Å². The number of carbonyl (C=O) groups is 2. The molecular formula is C18H24N2O2. The van der Waals surface area contributed by atoms with Crippen LogP contribution in [0.15, 0.2) is 0 Å². The van der Waals surface area contributed by atoms with E-state index in [0.717, 1.165) is 41.8 Å². The summed E-state index contributed by atoms with van der Waals surface area (Å²) in [5.41, 5.74) is 4.00. The van der Waals surface area contributed by atoms with Crippen LogP contribution in [0, 0.1) is 12.3 Å². The number of Topliss-reactive ketones (excluding diaryl/α,β-unsaturated/α-hetero) is 1. The van der Waals surface area contributed by atoms with E-state index >= 15 is 0 Å². The van der Waals surface area contributed by atoms with Gasteiger partial charge in [0.1, 0.15) is 0 Å². The Hall–Kier alpha value is -1.71. The van der Waals surface area contributed by atoms with Gasteiger partial charge in [-0.05, 0) is 50.0 Å². The number of aromatic nitrogens is 1. The van der Waals surface area contributed by atoms with Crippen LogP contribution in [0.2, 0.25) is 0 Å². The molecular weight excluding hydrogens is 276 g/mol. The van der Waals surface area contributed by atoms with Gasteiger partial charge in [-0.3, -0.25) is 14.6 Å². The summed E-state index contributed by atoms with van der Waals surface area (Å²) < 4.78 is 0. The van der Waals surface area contributed by atoms with Gasteiger partial charge in [0.25, 0.3) is 5.91 Å². The first kappa shape index (κ1) is 15.2. The van der Waals surface area contributed by atoms with Gasteiger partial charge in [0.15, 0.2) is 5.78 Å². The third kappa shape index (κ3) is 2.55. The molecule has 1 N–H and O–H groups in total. The van der Waals surface area contributed by atoms with Crippen LogP contribution >= 0.6 is 0 Å². The first-order chi connectivity index (χ1) is 10.3. The van der Waals surface area contributed by atoms with Crippen LogP contribution in [-0.2, 0) is 6.42 Å². The monoisotopic (exact) mass is 300 g/mol. The summed E-state index contributed by atoms with van der Waals surface area (Å²) in [5, 5.41) is 2.87. The summed E-state index contributed by atoms with van der Waals surface area (Å²) >= 11 is 0. The van der Waals surface area contributed by atoms with E-state index in [4.69, 9.17) is 0 Å². The average Bonchev–Trinajstić information content (AvgIpc) is 3.19. The van der Waals surface area contributed by atoms with Crippen molar-refractivity contribution in [3.05, 3.63) is 28.1 Å². The molecule has 2 aliphatic carbocycles. The molecule has 118 valence electrons. The van der Waals surface area contributed by atoms with Crippen LogP contribution in [0.25, 0.3) is 0 Å². The maximum Gasteiger partial charge on any atom is 0.253 e. The first-order valence-corrected chi connectivity index (χ1v) is 8.19. The molecule has 1 aromatic rings. The Morgan fingerprint density at radius 1 is 1.32 bits per heavy atom. The molecule has 1 aromatic heterocycles. The van der Waals surface area contributed by atoms with E-state index < -0.39 is 0 Å². The third-order valence-corrected chi connectivity index (χ3v) is 4.61. The van der Waals surface area contributed by atoms with Gasteiger partial charge in [-0.2, -0.15) is 0 Å². The third-order valence-electron chi connectivity index (χ3n) is 4.61. The summed E-state index contributed by atoms with van der Waals surface area (Å²) in [7, 11) is 0. The fraction of sp³-hybridized carbons (Fsp3) is 0.611. The lowest BCUT2D eigenvalue weighted by Gasteiger charge is -2.31. The second-order valence-corrected chi connectivity index (χ2v) is 7.38. The van der Waals surface area contributed by atoms with Crippen molar-refractivity contribution in [3.8, 4) is 0 Å². The van der Waals surface area contributed by atoms with Gasteiger partial charge in [-0.25, -0.2) is 0 Å². The number of hydrogen-bond acceptors (Lipinski definition) is 3. The van der Waals surface area contributed by atoms with E-state index in [1.807, 2.05) is 13.8 Å². The Bertz CT molecular complexity index is 658. The Morgan fingerprint density at radius 3 is 2.59 bits per heavy atom. The average molecular weight is 300 g/mol. The van der Waals surface area contributed by atoms with Crippen LogP contribution in [0.3, 0.4) is 0 Å². The molecule has 4 heteroatoms. The predicted molar refractivity (Wildman–Crippen MR) is 85.4 cm³/mol. The minimum Gasteiger partial charge on any atom is -0.352 e. The number of carbonyl (C=O) groups excluding carboxylic acids is 2. The number of rotatable bonds is 3. The van der Waals surface area contributed by atoms with E-state index in [9.17, 15) is 9.59 Å². The Balaban J connectivity index is 2.20. The summed E-state index contributed by atoms with van der Waals surface area (Å²) in [4.78, 5) is 29.9. The molecule has 0 unspecified atom stereocenters. The zero-order valence-electron chi connectivity index (χ0n) is 13.9. The molecule has 1 fully saturated rings. The smallest absolute Gasteiger partial charge is 0.253 e. The van der Waals surface area contributed by atoms with Gasteiger partial charge >= 0.3 is 0 Å². The van der Waals surface area contributed by atoms with Crippen molar-refractivity contribution in [3.63, 3.8) is 0 Å². The van der Waals surface area contributed by atoms with Crippen molar-refractivity contribution < 1.29 is 9.59 Å².